The van der Waals surface area contributed by atoms with Gasteiger partial charge in [0.2, 0.25) is 5.78 Å². The molecule has 0 aromatic heterocycles. The number of nitrogens with zero attached hydrogens (tertiary/aromatic N) is 3. The molecule has 22 heavy (non-hydrogen) atoms. The Bertz CT molecular complexity index is 774. The number of allylic oxidation sites excluding steroid dienone is 1. The van der Waals surface area contributed by atoms with Gasteiger partial charge in [0, 0.05) is 5.56 Å². The van der Waals surface area contributed by atoms with E-state index in [9.17, 15) is 9.59 Å². The van der Waals surface area contributed by atoms with E-state index in [1.165, 1.54) is 24.3 Å². The molecule has 0 fully saturated rings. The van der Waals surface area contributed by atoms with Crippen molar-refractivity contribution >= 4 is 23.3 Å². The number of carbonyl (C=O) groups excluding carboxylic acids is 1. The normalized spacial score (nSPS) is 10.2. The molecule has 0 heterocycles. The number of hydrogen-bond acceptors (Lipinski definition) is 4. The number of carbonyl (C=O) groups is 2. The Balaban J connectivity index is 2.18. The topological polar surface area (TPSA) is 101 Å². The summed E-state index contributed by atoms with van der Waals surface area (Å²) in [5, 5.41) is 25.2. The van der Waals surface area contributed by atoms with Gasteiger partial charge in [-0.15, -0.1) is 10.2 Å². The molecule has 0 amide bonds. The van der Waals surface area contributed by atoms with Crippen LogP contribution in [-0.2, 0) is 0 Å². The summed E-state index contributed by atoms with van der Waals surface area (Å²) in [5.41, 5.74) is 0.468. The average Bonchev–Trinajstić information content (AvgIpc) is 2.56. The number of rotatable bonds is 5. The standard InChI is InChI=1S/C16H10N3O3/c17-10-14(15(20)11-4-2-1-3-5-11)19-18-13-8-6-12(7-9-13)16(21)22/h1-9H,(H,21,22)/q-1. The van der Waals surface area contributed by atoms with E-state index in [1.54, 1.807) is 36.2 Å². The maximum Gasteiger partial charge on any atom is 0.335 e. The highest BCUT2D eigenvalue weighted by Crippen LogP contribution is 2.16. The number of ketones is 1. The molecule has 0 radical (unpaired) electrons. The highest BCUT2D eigenvalue weighted by atomic mass is 16.4. The van der Waals surface area contributed by atoms with Gasteiger partial charge in [0.15, 0.2) is 5.70 Å². The molecule has 0 saturated carbocycles. The van der Waals surface area contributed by atoms with Gasteiger partial charge in [-0.1, -0.05) is 30.3 Å². The van der Waals surface area contributed by atoms with Crippen LogP contribution < -0.4 is 0 Å². The minimum atomic E-state index is -1.05. The Morgan fingerprint density at radius 2 is 1.59 bits per heavy atom. The molecule has 108 valence electrons. The molecule has 1 N–H and O–H groups in total. The van der Waals surface area contributed by atoms with Crippen LogP contribution in [0.5, 0.6) is 0 Å². The molecule has 2 rings (SSSR count). The lowest BCUT2D eigenvalue weighted by Crippen LogP contribution is -2.01. The summed E-state index contributed by atoms with van der Waals surface area (Å²) in [6, 6.07) is 13.9. The van der Waals surface area contributed by atoms with Gasteiger partial charge in [-0.3, -0.25) is 4.79 Å². The van der Waals surface area contributed by atoms with E-state index >= 15 is 0 Å². The zero-order chi connectivity index (χ0) is 15.9. The van der Waals surface area contributed by atoms with Crippen LogP contribution in [0.1, 0.15) is 20.7 Å². The molecule has 0 atom stereocenters. The summed E-state index contributed by atoms with van der Waals surface area (Å²) >= 11 is 0. The fraction of sp³-hybridized carbons (Fsp3) is 0. The lowest BCUT2D eigenvalue weighted by atomic mass is 10.1. The van der Waals surface area contributed by atoms with Crippen molar-refractivity contribution < 1.29 is 14.7 Å². The monoisotopic (exact) mass is 292 g/mol. The van der Waals surface area contributed by atoms with Gasteiger partial charge in [-0.25, -0.2) is 10.7 Å². The lowest BCUT2D eigenvalue weighted by molar-refractivity contribution is 0.0696. The van der Waals surface area contributed by atoms with Crippen molar-refractivity contribution in [1.82, 2.24) is 0 Å². The maximum absolute atomic E-state index is 12.0. The summed E-state index contributed by atoms with van der Waals surface area (Å²) in [5.74, 6) is 0.144. The first kappa shape index (κ1) is 15.0. The smallest absolute Gasteiger partial charge is 0.335 e. The Hall–Kier alpha value is -3.37. The van der Waals surface area contributed by atoms with Crippen LogP contribution in [-0.4, -0.2) is 22.7 Å². The third-order valence-corrected chi connectivity index (χ3v) is 2.74. The van der Waals surface area contributed by atoms with Gasteiger partial charge in [-0.2, -0.15) is 0 Å². The predicted molar refractivity (Wildman–Crippen MR) is 80.6 cm³/mol. The third kappa shape index (κ3) is 3.59. The number of hydrogen-bond donors (Lipinski definition) is 1. The van der Waals surface area contributed by atoms with Gasteiger partial charge in [-0.05, 0) is 24.3 Å². The molecule has 0 unspecified atom stereocenters. The van der Waals surface area contributed by atoms with Gasteiger partial charge >= 0.3 is 5.97 Å². The minimum Gasteiger partial charge on any atom is -0.761 e. The largest absolute Gasteiger partial charge is 0.761 e. The fourth-order valence-electron chi connectivity index (χ4n) is 1.62. The van der Waals surface area contributed by atoms with Crippen LogP contribution >= 0.6 is 0 Å². The summed E-state index contributed by atoms with van der Waals surface area (Å²) in [6.07, 6.45) is 0. The zero-order valence-corrected chi connectivity index (χ0v) is 11.3. The molecule has 6 heteroatoms. The molecule has 0 saturated heterocycles. The number of benzene rings is 2. The first-order chi connectivity index (χ1) is 10.6. The number of azo groups is 1. The molecular formula is C16H10N3O3-. The Morgan fingerprint density at radius 1 is 0.955 bits per heavy atom. The summed E-state index contributed by atoms with van der Waals surface area (Å²) in [7, 11) is 0. The summed E-state index contributed by atoms with van der Waals surface area (Å²) in [6.45, 7) is 0. The molecule has 6 nitrogen and oxygen atoms in total. The van der Waals surface area contributed by atoms with Crippen LogP contribution in [0.2, 0.25) is 0 Å². The third-order valence-electron chi connectivity index (χ3n) is 2.74. The van der Waals surface area contributed by atoms with Crippen molar-refractivity contribution in [2.24, 2.45) is 10.2 Å². The second-order valence-corrected chi connectivity index (χ2v) is 4.21. The van der Waals surface area contributed by atoms with Crippen LogP contribution in [0.3, 0.4) is 0 Å². The zero-order valence-electron chi connectivity index (χ0n) is 11.3. The van der Waals surface area contributed by atoms with Crippen LogP contribution in [0.25, 0.3) is 5.41 Å². The number of carboxylic acids is 1. The van der Waals surface area contributed by atoms with E-state index in [4.69, 9.17) is 10.5 Å². The molecule has 0 aliphatic heterocycles. The van der Waals surface area contributed by atoms with Crippen LogP contribution in [0.15, 0.2) is 70.5 Å². The highest BCUT2D eigenvalue weighted by molar-refractivity contribution is 6.13. The van der Waals surface area contributed by atoms with E-state index in [2.05, 4.69) is 10.2 Å². The SMILES string of the molecule is [N-]=C=C(N=Nc1ccc(C(=O)O)cc1)C(=O)c1ccccc1. The maximum atomic E-state index is 12.0. The average molecular weight is 292 g/mol. The van der Waals surface area contributed by atoms with Crippen LogP contribution in [0, 0.1) is 0 Å². The fourth-order valence-corrected chi connectivity index (χ4v) is 1.62. The van der Waals surface area contributed by atoms with Crippen molar-refractivity contribution in [3.63, 3.8) is 0 Å². The van der Waals surface area contributed by atoms with E-state index in [-0.39, 0.29) is 11.3 Å². The first-order valence-corrected chi connectivity index (χ1v) is 6.23. The van der Waals surface area contributed by atoms with Gasteiger partial charge in [0.25, 0.3) is 0 Å². The quantitative estimate of drug-likeness (QED) is 0.395. The van der Waals surface area contributed by atoms with Crippen LogP contribution in [0.4, 0.5) is 5.69 Å². The van der Waals surface area contributed by atoms with Gasteiger partial charge < -0.3 is 10.5 Å². The van der Waals surface area contributed by atoms with Crippen molar-refractivity contribution in [3.8, 4) is 0 Å². The Morgan fingerprint density at radius 3 is 2.14 bits per heavy atom. The lowest BCUT2D eigenvalue weighted by Gasteiger charge is -2.00. The van der Waals surface area contributed by atoms with Crippen molar-refractivity contribution in [3.05, 3.63) is 76.8 Å². The molecule has 0 aliphatic rings. The van der Waals surface area contributed by atoms with Crippen molar-refractivity contribution in [2.45, 2.75) is 0 Å². The number of Topliss-reactive ketones (excluding diaryl/α,β-unsaturated/α-hetero) is 1. The minimum absolute atomic E-state index is 0.115. The van der Waals surface area contributed by atoms with E-state index in [0.29, 0.717) is 11.3 Å². The predicted octanol–water partition coefficient (Wildman–Crippen LogP) is 3.47. The number of carboxylic acid groups (broad SMARTS) is 1. The van der Waals surface area contributed by atoms with E-state index in [1.807, 2.05) is 0 Å². The summed E-state index contributed by atoms with van der Waals surface area (Å²) in [4.78, 5) is 22.8. The summed E-state index contributed by atoms with van der Waals surface area (Å²) < 4.78 is 0. The highest BCUT2D eigenvalue weighted by Gasteiger charge is 2.09. The molecular weight excluding hydrogens is 282 g/mol. The van der Waals surface area contributed by atoms with Crippen molar-refractivity contribution in [1.29, 1.82) is 0 Å². The van der Waals surface area contributed by atoms with Gasteiger partial charge in [0.1, 0.15) is 0 Å². The van der Waals surface area contributed by atoms with E-state index in [0.717, 1.165) is 0 Å². The molecule has 2 aromatic carbocycles. The molecule has 0 aliphatic carbocycles. The molecule has 0 spiro atoms. The van der Waals surface area contributed by atoms with Gasteiger partial charge in [0.05, 0.1) is 11.3 Å². The first-order valence-electron chi connectivity index (χ1n) is 6.23. The Labute approximate surface area is 126 Å². The number of aromatic carboxylic acids is 1. The van der Waals surface area contributed by atoms with E-state index < -0.39 is 11.8 Å². The molecule has 0 bridgehead atoms. The Kier molecular flexibility index (Phi) is 4.70. The van der Waals surface area contributed by atoms with Crippen molar-refractivity contribution in [2.75, 3.05) is 0 Å². The molecule has 2 aromatic rings. The second-order valence-electron chi connectivity index (χ2n) is 4.21. The second kappa shape index (κ2) is 6.88.